The molecule has 1 N–H and O–H groups in total. The summed E-state index contributed by atoms with van der Waals surface area (Å²) in [6.07, 6.45) is 5.32. The Morgan fingerprint density at radius 2 is 1.59 bits per heavy atom. The van der Waals surface area contributed by atoms with Crippen molar-refractivity contribution in [1.82, 2.24) is 4.90 Å². The van der Waals surface area contributed by atoms with Crippen molar-refractivity contribution in [3.63, 3.8) is 0 Å². The summed E-state index contributed by atoms with van der Waals surface area (Å²) in [6.45, 7) is 2.96. The topological polar surface area (TPSA) is 53.0 Å². The van der Waals surface area contributed by atoms with Crippen LogP contribution in [0.15, 0.2) is 84.9 Å². The number of hydrogen-bond donors (Lipinski definition) is 1. The van der Waals surface area contributed by atoms with Crippen LogP contribution in [-0.2, 0) is 0 Å². The SMILES string of the molecule is COc1ccc(-c2ccc(O)c(C(c3cccc(C(=O)CC4CCCC4)c3)N3CCN(c4cccc(Cl)c4Cl)CC3)c2)cc1. The van der Waals surface area contributed by atoms with Crippen molar-refractivity contribution in [2.24, 2.45) is 5.92 Å². The maximum Gasteiger partial charge on any atom is 0.163 e. The van der Waals surface area contributed by atoms with E-state index in [1.54, 1.807) is 19.2 Å². The molecule has 228 valence electrons. The molecule has 2 aliphatic rings. The molecule has 1 heterocycles. The van der Waals surface area contributed by atoms with E-state index in [9.17, 15) is 9.90 Å². The van der Waals surface area contributed by atoms with Gasteiger partial charge >= 0.3 is 0 Å². The van der Waals surface area contributed by atoms with Crippen LogP contribution in [0, 0.1) is 5.92 Å². The van der Waals surface area contributed by atoms with Crippen molar-refractivity contribution in [2.75, 3.05) is 38.2 Å². The number of carbonyl (C=O) groups excluding carboxylic acids is 1. The van der Waals surface area contributed by atoms with Gasteiger partial charge < -0.3 is 14.7 Å². The van der Waals surface area contributed by atoms with E-state index in [4.69, 9.17) is 27.9 Å². The number of anilines is 1. The second-order valence-electron chi connectivity index (χ2n) is 11.9. The Hall–Kier alpha value is -3.51. The predicted molar refractivity (Wildman–Crippen MR) is 180 cm³/mol. The first-order valence-electron chi connectivity index (χ1n) is 15.4. The van der Waals surface area contributed by atoms with Gasteiger partial charge in [0.1, 0.15) is 11.5 Å². The number of benzene rings is 4. The molecule has 1 saturated carbocycles. The Balaban J connectivity index is 1.34. The number of nitrogens with zero attached hydrogens (tertiary/aromatic N) is 2. The summed E-state index contributed by atoms with van der Waals surface area (Å²) in [7, 11) is 1.66. The lowest BCUT2D eigenvalue weighted by Crippen LogP contribution is -2.48. The minimum absolute atomic E-state index is 0.203. The number of phenolic OH excluding ortho intramolecular Hbond substituents is 1. The molecule has 44 heavy (non-hydrogen) atoms. The average molecular weight is 630 g/mol. The highest BCUT2D eigenvalue weighted by Crippen LogP contribution is 2.40. The van der Waals surface area contributed by atoms with Gasteiger partial charge in [-0.15, -0.1) is 0 Å². The fraction of sp³-hybridized carbons (Fsp3) is 0.324. The standard InChI is InChI=1S/C37H38Cl2N2O3/c1-44-30-15-12-26(13-16-30)27-14-17-34(42)31(24-27)37(29-9-4-8-28(23-29)35(43)22-25-6-2-3-7-25)41-20-18-40(19-21-41)33-11-5-10-32(38)36(33)39/h4-5,8-17,23-25,37,42H,2-3,6-7,18-22H2,1H3. The largest absolute Gasteiger partial charge is 0.508 e. The lowest BCUT2D eigenvalue weighted by molar-refractivity contribution is 0.0962. The van der Waals surface area contributed by atoms with Crippen molar-refractivity contribution >= 4 is 34.7 Å². The summed E-state index contributed by atoms with van der Waals surface area (Å²) in [5.74, 6) is 1.71. The molecule has 5 nitrogen and oxygen atoms in total. The highest BCUT2D eigenvalue weighted by atomic mass is 35.5. The number of rotatable bonds is 9. The number of methoxy groups -OCH3 is 1. The molecule has 0 aromatic heterocycles. The average Bonchev–Trinajstić information content (AvgIpc) is 3.57. The van der Waals surface area contributed by atoms with Gasteiger partial charge in [0.15, 0.2) is 5.78 Å². The number of phenols is 1. The van der Waals surface area contributed by atoms with Crippen LogP contribution >= 0.6 is 23.2 Å². The number of aromatic hydroxyl groups is 1. The molecule has 1 saturated heterocycles. The first kappa shape index (κ1) is 30.5. The Morgan fingerprint density at radius 3 is 2.32 bits per heavy atom. The summed E-state index contributed by atoms with van der Waals surface area (Å²) in [4.78, 5) is 18.1. The van der Waals surface area contributed by atoms with Gasteiger partial charge in [0, 0.05) is 43.7 Å². The summed E-state index contributed by atoms with van der Waals surface area (Å²) in [5.41, 5.74) is 5.52. The molecule has 0 bridgehead atoms. The molecule has 2 fully saturated rings. The van der Waals surface area contributed by atoms with Crippen LogP contribution in [0.3, 0.4) is 0 Å². The number of ketones is 1. The number of carbonyl (C=O) groups is 1. The molecule has 0 spiro atoms. The number of piperazine rings is 1. The van der Waals surface area contributed by atoms with Crippen LogP contribution in [0.25, 0.3) is 11.1 Å². The van der Waals surface area contributed by atoms with Gasteiger partial charge in [-0.3, -0.25) is 9.69 Å². The van der Waals surface area contributed by atoms with E-state index in [0.717, 1.165) is 78.3 Å². The lowest BCUT2D eigenvalue weighted by atomic mass is 9.90. The molecular formula is C37H38Cl2N2O3. The van der Waals surface area contributed by atoms with E-state index >= 15 is 0 Å². The highest BCUT2D eigenvalue weighted by Gasteiger charge is 2.30. The summed E-state index contributed by atoms with van der Waals surface area (Å²) in [5, 5.41) is 12.4. The van der Waals surface area contributed by atoms with Gasteiger partial charge in [0.2, 0.25) is 0 Å². The van der Waals surface area contributed by atoms with E-state index in [1.807, 2.05) is 60.7 Å². The van der Waals surface area contributed by atoms with E-state index in [0.29, 0.717) is 22.4 Å². The molecule has 4 aromatic carbocycles. The quantitative estimate of drug-likeness (QED) is 0.187. The minimum atomic E-state index is -0.246. The lowest BCUT2D eigenvalue weighted by Gasteiger charge is -2.41. The molecule has 7 heteroatoms. The smallest absolute Gasteiger partial charge is 0.163 e. The Morgan fingerprint density at radius 1 is 0.886 bits per heavy atom. The van der Waals surface area contributed by atoms with E-state index < -0.39 is 0 Å². The van der Waals surface area contributed by atoms with Crippen molar-refractivity contribution < 1.29 is 14.6 Å². The van der Waals surface area contributed by atoms with Gasteiger partial charge in [-0.05, 0) is 65.1 Å². The van der Waals surface area contributed by atoms with Gasteiger partial charge in [0.25, 0.3) is 0 Å². The maximum absolute atomic E-state index is 13.4. The molecule has 6 rings (SSSR count). The molecule has 1 aliphatic carbocycles. The second kappa shape index (κ2) is 13.6. The van der Waals surface area contributed by atoms with Crippen molar-refractivity contribution in [1.29, 1.82) is 0 Å². The third kappa shape index (κ3) is 6.61. The number of ether oxygens (including phenoxy) is 1. The number of hydrogen-bond acceptors (Lipinski definition) is 5. The van der Waals surface area contributed by atoms with Crippen LogP contribution < -0.4 is 9.64 Å². The first-order chi connectivity index (χ1) is 21.4. The molecular weight excluding hydrogens is 591 g/mol. The fourth-order valence-electron chi connectivity index (χ4n) is 6.76. The summed E-state index contributed by atoms with van der Waals surface area (Å²) < 4.78 is 5.36. The third-order valence-electron chi connectivity index (χ3n) is 9.17. The Bertz CT molecular complexity index is 1610. The monoisotopic (exact) mass is 628 g/mol. The zero-order valence-corrected chi connectivity index (χ0v) is 26.5. The first-order valence-corrected chi connectivity index (χ1v) is 16.2. The van der Waals surface area contributed by atoms with E-state index in [1.165, 1.54) is 12.8 Å². The molecule has 1 atom stereocenters. The highest BCUT2D eigenvalue weighted by molar-refractivity contribution is 6.43. The molecule has 0 radical (unpaired) electrons. The Labute approximate surface area is 270 Å². The van der Waals surface area contributed by atoms with Crippen molar-refractivity contribution in [3.8, 4) is 22.6 Å². The molecule has 1 unspecified atom stereocenters. The Kier molecular flexibility index (Phi) is 9.46. The van der Waals surface area contributed by atoms with Crippen LogP contribution in [-0.4, -0.2) is 49.1 Å². The summed E-state index contributed by atoms with van der Waals surface area (Å²) >= 11 is 12.9. The van der Waals surface area contributed by atoms with Crippen molar-refractivity contribution in [3.05, 3.63) is 112 Å². The molecule has 4 aromatic rings. The van der Waals surface area contributed by atoms with Crippen molar-refractivity contribution in [2.45, 2.75) is 38.1 Å². The zero-order chi connectivity index (χ0) is 30.6. The molecule has 0 amide bonds. The van der Waals surface area contributed by atoms with Gasteiger partial charge in [-0.25, -0.2) is 0 Å². The third-order valence-corrected chi connectivity index (χ3v) is 9.98. The van der Waals surface area contributed by atoms with Crippen LogP contribution in [0.1, 0.15) is 59.6 Å². The van der Waals surface area contributed by atoms with Gasteiger partial charge in [-0.1, -0.05) is 91.3 Å². The van der Waals surface area contributed by atoms with Crippen LogP contribution in [0.2, 0.25) is 10.0 Å². The minimum Gasteiger partial charge on any atom is -0.508 e. The van der Waals surface area contributed by atoms with Crippen LogP contribution in [0.4, 0.5) is 5.69 Å². The van der Waals surface area contributed by atoms with Gasteiger partial charge in [-0.2, -0.15) is 0 Å². The summed E-state index contributed by atoms with van der Waals surface area (Å²) in [6, 6.07) is 27.3. The van der Waals surface area contributed by atoms with E-state index in [-0.39, 0.29) is 17.6 Å². The fourth-order valence-corrected chi connectivity index (χ4v) is 7.17. The maximum atomic E-state index is 13.4. The second-order valence-corrected chi connectivity index (χ2v) is 12.7. The normalized spacial score (nSPS) is 16.7. The molecule has 1 aliphatic heterocycles. The predicted octanol–water partition coefficient (Wildman–Crippen LogP) is 9.05. The van der Waals surface area contributed by atoms with Crippen LogP contribution in [0.5, 0.6) is 11.5 Å². The number of Topliss-reactive ketones (excluding diaryl/α,β-unsaturated/α-hetero) is 1. The van der Waals surface area contributed by atoms with E-state index in [2.05, 4.69) is 21.9 Å². The van der Waals surface area contributed by atoms with Gasteiger partial charge in [0.05, 0.1) is 28.9 Å². The zero-order valence-electron chi connectivity index (χ0n) is 25.0. The number of halogens is 2.